The van der Waals surface area contributed by atoms with Crippen LogP contribution in [0.25, 0.3) is 0 Å². The molecule has 110 valence electrons. The lowest BCUT2D eigenvalue weighted by molar-refractivity contribution is 0.0697. The number of anilines is 1. The van der Waals surface area contributed by atoms with Crippen molar-refractivity contribution in [2.75, 3.05) is 25.0 Å². The molecule has 0 bridgehead atoms. The van der Waals surface area contributed by atoms with Crippen LogP contribution in [0, 0.1) is 17.2 Å². The maximum atomic E-state index is 12.4. The predicted octanol–water partition coefficient (Wildman–Crippen LogP) is 1.96. The van der Waals surface area contributed by atoms with E-state index in [1.165, 1.54) is 11.0 Å². The summed E-state index contributed by atoms with van der Waals surface area (Å²) in [6, 6.07) is 6.72. The summed E-state index contributed by atoms with van der Waals surface area (Å²) in [4.78, 5) is 26.6. The quantitative estimate of drug-likeness (QED) is 0.921. The molecule has 0 saturated heterocycles. The molecular weight excluding hydrogens is 270 g/mol. The zero-order valence-corrected chi connectivity index (χ0v) is 12.0. The van der Waals surface area contributed by atoms with Crippen molar-refractivity contribution in [1.29, 1.82) is 5.26 Å². The van der Waals surface area contributed by atoms with E-state index in [2.05, 4.69) is 6.07 Å². The zero-order chi connectivity index (χ0) is 15.6. The van der Waals surface area contributed by atoms with Crippen LogP contribution in [0.15, 0.2) is 18.2 Å². The number of hydrogen-bond acceptors (Lipinski definition) is 3. The molecule has 6 heteroatoms. The highest BCUT2D eigenvalue weighted by Gasteiger charge is 2.28. The number of rotatable bonds is 3. The molecule has 0 radical (unpaired) electrons. The van der Waals surface area contributed by atoms with Crippen LogP contribution < -0.4 is 4.90 Å². The van der Waals surface area contributed by atoms with Crippen LogP contribution in [-0.2, 0) is 6.42 Å². The molecule has 1 aromatic carbocycles. The van der Waals surface area contributed by atoms with E-state index in [0.717, 1.165) is 5.56 Å². The molecule has 6 nitrogen and oxygen atoms in total. The second kappa shape index (κ2) is 5.83. The fourth-order valence-corrected chi connectivity index (χ4v) is 2.45. The van der Waals surface area contributed by atoms with Gasteiger partial charge in [0, 0.05) is 25.8 Å². The number of carboxylic acid groups (broad SMARTS) is 1. The van der Waals surface area contributed by atoms with Gasteiger partial charge in [0.25, 0.3) is 0 Å². The molecule has 1 atom stereocenters. The fraction of sp³-hybridized carbons (Fsp3) is 0.400. The van der Waals surface area contributed by atoms with Crippen LogP contribution in [0.4, 0.5) is 10.5 Å². The number of nitrogens with zero attached hydrogens (tertiary/aromatic N) is 3. The van der Waals surface area contributed by atoms with Crippen LogP contribution >= 0.6 is 0 Å². The molecule has 21 heavy (non-hydrogen) atoms. The van der Waals surface area contributed by atoms with Crippen LogP contribution in [0.5, 0.6) is 0 Å². The number of amides is 2. The minimum Gasteiger partial charge on any atom is -0.478 e. The average Bonchev–Trinajstić information content (AvgIpc) is 2.88. The number of benzene rings is 1. The number of hydrogen-bond donors (Lipinski definition) is 1. The van der Waals surface area contributed by atoms with Gasteiger partial charge >= 0.3 is 12.0 Å². The van der Waals surface area contributed by atoms with Gasteiger partial charge in [-0.15, -0.1) is 0 Å². The molecule has 0 aromatic heterocycles. The Kier molecular flexibility index (Phi) is 4.13. The molecule has 2 amide bonds. The summed E-state index contributed by atoms with van der Waals surface area (Å²) in [6.45, 7) is 2.63. The van der Waals surface area contributed by atoms with Gasteiger partial charge in [0.15, 0.2) is 0 Å². The molecule has 1 aromatic rings. The molecule has 1 aliphatic heterocycles. The third-order valence-electron chi connectivity index (χ3n) is 3.55. The van der Waals surface area contributed by atoms with Crippen molar-refractivity contribution in [1.82, 2.24) is 4.90 Å². The SMILES string of the molecule is CC(C#N)CN(C)C(=O)N1CCc2ccc(C(=O)O)cc21. The van der Waals surface area contributed by atoms with Crippen molar-refractivity contribution >= 4 is 17.7 Å². The second-order valence-corrected chi connectivity index (χ2v) is 5.24. The van der Waals surface area contributed by atoms with E-state index in [1.54, 1.807) is 31.0 Å². The summed E-state index contributed by atoms with van der Waals surface area (Å²) in [6.07, 6.45) is 0.711. The lowest BCUT2D eigenvalue weighted by Gasteiger charge is -2.26. The number of aromatic carboxylic acids is 1. The minimum atomic E-state index is -1.01. The van der Waals surface area contributed by atoms with Crippen LogP contribution in [0.3, 0.4) is 0 Å². The van der Waals surface area contributed by atoms with Gasteiger partial charge in [0.05, 0.1) is 17.6 Å². The summed E-state index contributed by atoms with van der Waals surface area (Å²) in [5.41, 5.74) is 1.79. The Morgan fingerprint density at radius 3 is 2.86 bits per heavy atom. The Hall–Kier alpha value is -2.55. The number of carboxylic acids is 1. The monoisotopic (exact) mass is 287 g/mol. The molecule has 0 saturated carbocycles. The Labute approximate surface area is 123 Å². The summed E-state index contributed by atoms with van der Waals surface area (Å²) >= 11 is 0. The van der Waals surface area contributed by atoms with Crippen molar-refractivity contribution in [2.24, 2.45) is 5.92 Å². The lowest BCUT2D eigenvalue weighted by atomic mass is 10.1. The Bertz CT molecular complexity index is 621. The zero-order valence-electron chi connectivity index (χ0n) is 12.0. The largest absolute Gasteiger partial charge is 0.478 e. The second-order valence-electron chi connectivity index (χ2n) is 5.24. The topological polar surface area (TPSA) is 84.6 Å². The van der Waals surface area contributed by atoms with Crippen molar-refractivity contribution in [2.45, 2.75) is 13.3 Å². The van der Waals surface area contributed by atoms with E-state index in [4.69, 9.17) is 10.4 Å². The normalized spacial score (nSPS) is 14.2. The Morgan fingerprint density at radius 2 is 2.24 bits per heavy atom. The van der Waals surface area contributed by atoms with E-state index in [9.17, 15) is 9.59 Å². The van der Waals surface area contributed by atoms with E-state index in [0.29, 0.717) is 25.2 Å². The highest BCUT2D eigenvalue weighted by atomic mass is 16.4. The highest BCUT2D eigenvalue weighted by Crippen LogP contribution is 2.30. The van der Waals surface area contributed by atoms with Gasteiger partial charge in [-0.05, 0) is 31.0 Å². The fourth-order valence-electron chi connectivity index (χ4n) is 2.45. The Morgan fingerprint density at radius 1 is 1.52 bits per heavy atom. The molecule has 1 N–H and O–H groups in total. The van der Waals surface area contributed by atoms with Crippen LogP contribution in [0.2, 0.25) is 0 Å². The smallest absolute Gasteiger partial charge is 0.335 e. The number of nitriles is 1. The molecular formula is C15H17N3O3. The molecule has 1 unspecified atom stereocenters. The van der Waals surface area contributed by atoms with Crippen molar-refractivity contribution in [3.8, 4) is 6.07 Å². The van der Waals surface area contributed by atoms with Crippen LogP contribution in [-0.4, -0.2) is 42.1 Å². The lowest BCUT2D eigenvalue weighted by Crippen LogP contribution is -2.42. The van der Waals surface area contributed by atoms with E-state index < -0.39 is 5.97 Å². The summed E-state index contributed by atoms with van der Waals surface area (Å²) in [5.74, 6) is -1.25. The van der Waals surface area contributed by atoms with E-state index >= 15 is 0 Å². The number of carbonyl (C=O) groups excluding carboxylic acids is 1. The summed E-state index contributed by atoms with van der Waals surface area (Å²) in [5, 5.41) is 17.9. The molecule has 0 fully saturated rings. The average molecular weight is 287 g/mol. The van der Waals surface area contributed by atoms with E-state index in [1.807, 2.05) is 0 Å². The van der Waals surface area contributed by atoms with Gasteiger partial charge in [-0.1, -0.05) is 6.07 Å². The third-order valence-corrected chi connectivity index (χ3v) is 3.55. The Balaban J connectivity index is 2.21. The van der Waals surface area contributed by atoms with Gasteiger partial charge in [0.2, 0.25) is 0 Å². The summed E-state index contributed by atoms with van der Waals surface area (Å²) < 4.78 is 0. The van der Waals surface area contributed by atoms with Crippen molar-refractivity contribution < 1.29 is 14.7 Å². The summed E-state index contributed by atoms with van der Waals surface area (Å²) in [7, 11) is 1.65. The standard InChI is InChI=1S/C15H17N3O3/c1-10(8-16)9-17(2)15(21)18-6-5-11-3-4-12(14(19)20)7-13(11)18/h3-4,7,10H,5-6,9H2,1-2H3,(H,19,20). The number of fused-ring (bicyclic) bond motifs is 1. The van der Waals surface area contributed by atoms with Crippen LogP contribution in [0.1, 0.15) is 22.8 Å². The number of carbonyl (C=O) groups is 2. The molecule has 1 aliphatic rings. The minimum absolute atomic E-state index is 0.168. The van der Waals surface area contributed by atoms with Gasteiger partial charge in [0.1, 0.15) is 0 Å². The first-order valence-corrected chi connectivity index (χ1v) is 6.72. The van der Waals surface area contributed by atoms with E-state index in [-0.39, 0.29) is 17.5 Å². The first-order valence-electron chi connectivity index (χ1n) is 6.72. The van der Waals surface area contributed by atoms with Gasteiger partial charge in [-0.3, -0.25) is 4.90 Å². The molecule has 0 aliphatic carbocycles. The van der Waals surface area contributed by atoms with Crippen molar-refractivity contribution in [3.05, 3.63) is 29.3 Å². The first kappa shape index (κ1) is 14.9. The maximum Gasteiger partial charge on any atom is 0.335 e. The third kappa shape index (κ3) is 2.97. The first-order chi connectivity index (χ1) is 9.93. The predicted molar refractivity (Wildman–Crippen MR) is 77.3 cm³/mol. The molecule has 0 spiro atoms. The highest BCUT2D eigenvalue weighted by molar-refractivity contribution is 5.96. The van der Waals surface area contributed by atoms with Gasteiger partial charge in [-0.25, -0.2) is 9.59 Å². The van der Waals surface area contributed by atoms with Gasteiger partial charge in [-0.2, -0.15) is 5.26 Å². The van der Waals surface area contributed by atoms with Gasteiger partial charge < -0.3 is 10.0 Å². The molecule has 1 heterocycles. The number of urea groups is 1. The van der Waals surface area contributed by atoms with Crippen molar-refractivity contribution in [3.63, 3.8) is 0 Å². The maximum absolute atomic E-state index is 12.4. The molecule has 2 rings (SSSR count).